The lowest BCUT2D eigenvalue weighted by Crippen LogP contribution is -2.52. The molecule has 10 heteroatoms. The number of nitrogens with one attached hydrogen (secondary N) is 1. The number of rotatable bonds is 4. The fourth-order valence-corrected chi connectivity index (χ4v) is 5.35. The molecule has 0 spiro atoms. The minimum absolute atomic E-state index is 0.0443. The van der Waals surface area contributed by atoms with Gasteiger partial charge in [0.15, 0.2) is 0 Å². The fraction of sp³-hybridized carbons (Fsp3) is 0.348. The normalized spacial score (nSPS) is 18.7. The van der Waals surface area contributed by atoms with Crippen LogP contribution in [-0.2, 0) is 0 Å². The van der Waals surface area contributed by atoms with Gasteiger partial charge in [-0.2, -0.15) is 0 Å². The van der Waals surface area contributed by atoms with Crippen molar-refractivity contribution in [2.45, 2.75) is 25.8 Å². The van der Waals surface area contributed by atoms with Crippen LogP contribution in [0.15, 0.2) is 40.5 Å². The number of fused-ring (bicyclic) bond motifs is 1. The molecule has 2 aromatic heterocycles. The van der Waals surface area contributed by atoms with Gasteiger partial charge >= 0.3 is 0 Å². The third-order valence-electron chi connectivity index (χ3n) is 6.09. The van der Waals surface area contributed by atoms with Crippen LogP contribution < -0.4 is 5.56 Å². The second-order valence-corrected chi connectivity index (χ2v) is 9.64. The maximum absolute atomic E-state index is 13.1. The number of carbonyl (C=O) groups is 2. The van der Waals surface area contributed by atoms with Crippen molar-refractivity contribution >= 4 is 45.5 Å². The number of amides is 2. The molecule has 0 radical (unpaired) electrons. The summed E-state index contributed by atoms with van der Waals surface area (Å²) in [4.78, 5) is 44.5. The largest absolute Gasteiger partial charge is 0.338 e. The lowest BCUT2D eigenvalue weighted by Gasteiger charge is -2.41. The van der Waals surface area contributed by atoms with Crippen molar-refractivity contribution in [1.29, 1.82) is 0 Å². The Bertz CT molecular complexity index is 1280. The minimum atomic E-state index is -2.61. The van der Waals surface area contributed by atoms with Gasteiger partial charge in [-0.3, -0.25) is 14.4 Å². The first kappa shape index (κ1) is 23.4. The van der Waals surface area contributed by atoms with Gasteiger partial charge < -0.3 is 14.8 Å². The summed E-state index contributed by atoms with van der Waals surface area (Å²) in [6.07, 6.45) is -2.07. The molecular weight excluding hydrogens is 472 g/mol. The maximum atomic E-state index is 13.1. The van der Waals surface area contributed by atoms with Gasteiger partial charge in [0.05, 0.1) is 4.88 Å². The number of carbonyl (C=O) groups excluding carboxylic acids is 2. The van der Waals surface area contributed by atoms with Crippen LogP contribution in [0.4, 0.5) is 8.78 Å². The number of alkyl halides is 2. The predicted molar refractivity (Wildman–Crippen MR) is 124 cm³/mol. The Morgan fingerprint density at radius 1 is 1.27 bits per heavy atom. The molecule has 2 atom stereocenters. The quantitative estimate of drug-likeness (QED) is 0.567. The predicted octanol–water partition coefficient (Wildman–Crippen LogP) is 4.80. The van der Waals surface area contributed by atoms with E-state index in [0.29, 0.717) is 35.3 Å². The highest BCUT2D eigenvalue weighted by Crippen LogP contribution is 2.28. The summed E-state index contributed by atoms with van der Waals surface area (Å²) in [7, 11) is 1.68. The molecule has 1 N–H and O–H groups in total. The van der Waals surface area contributed by atoms with Gasteiger partial charge in [0.1, 0.15) is 5.69 Å². The Morgan fingerprint density at radius 2 is 2.03 bits per heavy atom. The number of aromatic amines is 1. The van der Waals surface area contributed by atoms with Crippen molar-refractivity contribution in [3.8, 4) is 0 Å². The lowest BCUT2D eigenvalue weighted by molar-refractivity contribution is 0.0444. The van der Waals surface area contributed by atoms with E-state index in [4.69, 9.17) is 11.6 Å². The average molecular weight is 494 g/mol. The van der Waals surface area contributed by atoms with Gasteiger partial charge in [0.2, 0.25) is 0 Å². The number of hydrogen-bond acceptors (Lipinski definition) is 4. The smallest absolute Gasteiger partial charge is 0.270 e. The van der Waals surface area contributed by atoms with E-state index in [1.807, 2.05) is 6.92 Å². The van der Waals surface area contributed by atoms with Crippen LogP contribution >= 0.6 is 22.9 Å². The van der Waals surface area contributed by atoms with Crippen LogP contribution in [0.1, 0.15) is 45.5 Å². The fourth-order valence-electron chi connectivity index (χ4n) is 4.31. The van der Waals surface area contributed by atoms with E-state index in [1.54, 1.807) is 41.1 Å². The highest BCUT2D eigenvalue weighted by molar-refractivity contribution is 7.12. The molecule has 1 aliphatic rings. The first-order chi connectivity index (χ1) is 15.7. The van der Waals surface area contributed by atoms with Crippen molar-refractivity contribution in [3.05, 3.63) is 67.2 Å². The topological polar surface area (TPSA) is 73.5 Å². The van der Waals surface area contributed by atoms with Gasteiger partial charge in [0.25, 0.3) is 23.8 Å². The molecule has 1 saturated heterocycles. The molecule has 1 fully saturated rings. The summed E-state index contributed by atoms with van der Waals surface area (Å²) < 4.78 is 25.7. The summed E-state index contributed by atoms with van der Waals surface area (Å²) in [5, 5.41) is 2.77. The third-order valence-corrected chi connectivity index (χ3v) is 7.26. The zero-order chi connectivity index (χ0) is 23.9. The Hall–Kier alpha value is -2.78. The standard InChI is InChI=1S/C23H22ClF2N3O3S/c1-12-10-29(23(32)19-8-14(11-33-19)20(25)26)6-5-18(12)28(2)22(31)17-7-13-3-4-15(24)9-16(13)21(30)27-17/h3-4,7-9,11-12,18,20H,5-6,10H2,1-2H3,(H,27,30). The van der Waals surface area contributed by atoms with E-state index in [9.17, 15) is 23.2 Å². The Morgan fingerprint density at radius 3 is 2.70 bits per heavy atom. The molecule has 174 valence electrons. The number of pyridine rings is 1. The summed E-state index contributed by atoms with van der Waals surface area (Å²) >= 11 is 6.98. The zero-order valence-corrected chi connectivity index (χ0v) is 19.6. The molecule has 0 bridgehead atoms. The Labute approximate surface area is 197 Å². The number of hydrogen-bond donors (Lipinski definition) is 1. The highest BCUT2D eigenvalue weighted by atomic mass is 35.5. The molecular formula is C23H22ClF2N3O3S. The summed E-state index contributed by atoms with van der Waals surface area (Å²) in [5.74, 6) is -0.638. The molecule has 3 heterocycles. The van der Waals surface area contributed by atoms with Crippen LogP contribution in [0.25, 0.3) is 10.8 Å². The summed E-state index contributed by atoms with van der Waals surface area (Å²) in [6, 6.07) is 7.64. The van der Waals surface area contributed by atoms with E-state index < -0.39 is 6.43 Å². The molecule has 4 rings (SSSR count). The van der Waals surface area contributed by atoms with Crippen molar-refractivity contribution in [2.75, 3.05) is 20.1 Å². The third kappa shape index (κ3) is 4.65. The monoisotopic (exact) mass is 493 g/mol. The van der Waals surface area contributed by atoms with E-state index in [2.05, 4.69) is 4.98 Å². The van der Waals surface area contributed by atoms with E-state index in [1.165, 1.54) is 11.4 Å². The second kappa shape index (κ2) is 9.23. The number of halogens is 3. The molecule has 1 aromatic carbocycles. The van der Waals surface area contributed by atoms with Crippen molar-refractivity contribution in [1.82, 2.24) is 14.8 Å². The summed E-state index contributed by atoms with van der Waals surface area (Å²) in [6.45, 7) is 2.74. The zero-order valence-electron chi connectivity index (χ0n) is 18.0. The molecule has 1 aliphatic heterocycles. The molecule has 3 aromatic rings. The van der Waals surface area contributed by atoms with Gasteiger partial charge in [-0.1, -0.05) is 24.6 Å². The van der Waals surface area contributed by atoms with Crippen molar-refractivity contribution in [2.24, 2.45) is 5.92 Å². The summed E-state index contributed by atoms with van der Waals surface area (Å²) in [5.41, 5.74) is -0.358. The van der Waals surface area contributed by atoms with Gasteiger partial charge in [-0.25, -0.2) is 8.78 Å². The minimum Gasteiger partial charge on any atom is -0.338 e. The van der Waals surface area contributed by atoms with E-state index >= 15 is 0 Å². The second-order valence-electron chi connectivity index (χ2n) is 8.29. The van der Waals surface area contributed by atoms with Gasteiger partial charge in [-0.15, -0.1) is 11.3 Å². The molecule has 2 amide bonds. The van der Waals surface area contributed by atoms with E-state index in [0.717, 1.165) is 11.3 Å². The van der Waals surface area contributed by atoms with Crippen LogP contribution in [0, 0.1) is 5.92 Å². The Balaban J connectivity index is 1.47. The van der Waals surface area contributed by atoms with E-state index in [-0.39, 0.29) is 45.5 Å². The average Bonchev–Trinajstić information content (AvgIpc) is 3.28. The number of H-pyrrole nitrogens is 1. The molecule has 33 heavy (non-hydrogen) atoms. The van der Waals surface area contributed by atoms with Gasteiger partial charge in [0, 0.05) is 47.5 Å². The number of thiophene rings is 1. The number of nitrogens with zero attached hydrogens (tertiary/aromatic N) is 2. The van der Waals surface area contributed by atoms with Crippen molar-refractivity contribution in [3.63, 3.8) is 0 Å². The molecule has 2 unspecified atom stereocenters. The van der Waals surface area contributed by atoms with Crippen LogP contribution in [0.5, 0.6) is 0 Å². The highest BCUT2D eigenvalue weighted by Gasteiger charge is 2.34. The van der Waals surface area contributed by atoms with Crippen molar-refractivity contribution < 1.29 is 18.4 Å². The number of benzene rings is 1. The first-order valence-electron chi connectivity index (χ1n) is 10.4. The van der Waals surface area contributed by atoms with Gasteiger partial charge in [-0.05, 0) is 42.0 Å². The van der Waals surface area contributed by atoms with Crippen LogP contribution in [0.2, 0.25) is 5.02 Å². The van der Waals surface area contributed by atoms with Crippen LogP contribution in [-0.4, -0.2) is 52.8 Å². The van der Waals surface area contributed by atoms with Crippen LogP contribution in [0.3, 0.4) is 0 Å². The maximum Gasteiger partial charge on any atom is 0.270 e. The lowest BCUT2D eigenvalue weighted by atomic mass is 9.92. The first-order valence-corrected chi connectivity index (χ1v) is 11.7. The molecule has 0 aliphatic carbocycles. The number of aromatic nitrogens is 1. The Kier molecular flexibility index (Phi) is 6.54. The number of piperidine rings is 1. The number of likely N-dealkylation sites (tertiary alicyclic amines) is 1. The molecule has 0 saturated carbocycles. The molecule has 6 nitrogen and oxygen atoms in total. The SMILES string of the molecule is CC1CN(C(=O)c2cc(C(F)F)cs2)CCC1N(C)C(=O)c1cc2ccc(Cl)cc2c(=O)[nH]1.